The maximum atomic E-state index is 5.93. The average molecular weight is 266 g/mol. The number of anilines is 1. The highest BCUT2D eigenvalue weighted by molar-refractivity contribution is 6.31. The highest BCUT2D eigenvalue weighted by Gasteiger charge is 2.24. The highest BCUT2D eigenvalue weighted by atomic mass is 35.5. The van der Waals surface area contributed by atoms with Gasteiger partial charge in [0, 0.05) is 17.3 Å². The molecular formula is C12H12ClN3O2. The summed E-state index contributed by atoms with van der Waals surface area (Å²) in [5.74, 6) is 0.947. The lowest BCUT2D eigenvalue weighted by Crippen LogP contribution is -1.98. The zero-order valence-electron chi connectivity index (χ0n) is 9.60. The molecule has 0 bridgehead atoms. The minimum absolute atomic E-state index is 0.0668. The first-order chi connectivity index (χ1) is 8.74. The number of hydrogen-bond donors (Lipinski definition) is 1. The fraction of sp³-hybridized carbons (Fsp3) is 0.333. The molecule has 1 unspecified atom stereocenters. The number of halogens is 1. The van der Waals surface area contributed by atoms with Crippen LogP contribution in [0.5, 0.6) is 0 Å². The lowest BCUT2D eigenvalue weighted by molar-refractivity contribution is 0.103. The molecule has 2 heterocycles. The van der Waals surface area contributed by atoms with Crippen LogP contribution >= 0.6 is 11.6 Å². The molecule has 1 aliphatic heterocycles. The zero-order chi connectivity index (χ0) is 12.5. The summed E-state index contributed by atoms with van der Waals surface area (Å²) in [6.07, 6.45) is 1.88. The predicted octanol–water partition coefficient (Wildman–Crippen LogP) is 2.82. The fourth-order valence-corrected chi connectivity index (χ4v) is 2.14. The topological polar surface area (TPSA) is 74.2 Å². The number of rotatable bonds is 2. The summed E-state index contributed by atoms with van der Waals surface area (Å²) >= 11 is 5.93. The van der Waals surface area contributed by atoms with Gasteiger partial charge in [0.05, 0.1) is 5.56 Å². The largest absolute Gasteiger partial charge is 0.398 e. The molecule has 1 fully saturated rings. The van der Waals surface area contributed by atoms with Crippen molar-refractivity contribution in [2.75, 3.05) is 12.3 Å². The van der Waals surface area contributed by atoms with Crippen LogP contribution in [0.4, 0.5) is 5.69 Å². The third kappa shape index (κ3) is 2.07. The molecular weight excluding hydrogens is 254 g/mol. The number of nitrogens with zero attached hydrogens (tertiary/aromatic N) is 2. The molecule has 2 aromatic rings. The molecule has 1 saturated heterocycles. The SMILES string of the molecule is Nc1ccc(Cl)cc1-c1nc(C2CCCO2)no1. The van der Waals surface area contributed by atoms with Crippen LogP contribution in [-0.2, 0) is 4.74 Å². The molecule has 0 radical (unpaired) electrons. The van der Waals surface area contributed by atoms with Crippen molar-refractivity contribution >= 4 is 17.3 Å². The first kappa shape index (κ1) is 11.5. The standard InChI is InChI=1S/C12H12ClN3O2/c13-7-3-4-9(14)8(6-7)12-15-11(16-18-12)10-2-1-5-17-10/h3-4,6,10H,1-2,5,14H2. The summed E-state index contributed by atoms with van der Waals surface area (Å²) in [6, 6.07) is 5.15. The van der Waals surface area contributed by atoms with E-state index in [-0.39, 0.29) is 6.10 Å². The Hall–Kier alpha value is -1.59. The van der Waals surface area contributed by atoms with E-state index in [1.165, 1.54) is 0 Å². The monoisotopic (exact) mass is 265 g/mol. The van der Waals surface area contributed by atoms with Gasteiger partial charge in [-0.15, -0.1) is 0 Å². The first-order valence-electron chi connectivity index (χ1n) is 5.74. The normalized spacial score (nSPS) is 19.3. The zero-order valence-corrected chi connectivity index (χ0v) is 10.4. The van der Waals surface area contributed by atoms with Gasteiger partial charge in [0.25, 0.3) is 5.89 Å². The summed E-state index contributed by atoms with van der Waals surface area (Å²) in [7, 11) is 0. The van der Waals surface area contributed by atoms with Crippen LogP contribution in [-0.4, -0.2) is 16.7 Å². The average Bonchev–Trinajstić information content (AvgIpc) is 3.00. The fourth-order valence-electron chi connectivity index (χ4n) is 1.97. The van der Waals surface area contributed by atoms with Gasteiger partial charge >= 0.3 is 0 Å². The summed E-state index contributed by atoms with van der Waals surface area (Å²) in [5, 5.41) is 4.52. The Morgan fingerprint density at radius 1 is 1.39 bits per heavy atom. The van der Waals surface area contributed by atoms with Crippen molar-refractivity contribution in [3.05, 3.63) is 29.0 Å². The Bertz CT molecular complexity index is 564. The first-order valence-corrected chi connectivity index (χ1v) is 6.12. The van der Waals surface area contributed by atoms with E-state index < -0.39 is 0 Å². The van der Waals surface area contributed by atoms with E-state index >= 15 is 0 Å². The molecule has 1 atom stereocenters. The van der Waals surface area contributed by atoms with Crippen LogP contribution in [0.15, 0.2) is 22.7 Å². The molecule has 5 nitrogen and oxygen atoms in total. The van der Waals surface area contributed by atoms with Gasteiger partial charge in [-0.2, -0.15) is 4.98 Å². The Balaban J connectivity index is 1.94. The second-order valence-corrected chi connectivity index (χ2v) is 4.63. The van der Waals surface area contributed by atoms with E-state index in [1.807, 2.05) is 0 Å². The van der Waals surface area contributed by atoms with Gasteiger partial charge in [-0.25, -0.2) is 0 Å². The predicted molar refractivity (Wildman–Crippen MR) is 67.1 cm³/mol. The van der Waals surface area contributed by atoms with Crippen LogP contribution in [0, 0.1) is 0 Å². The minimum atomic E-state index is -0.0668. The third-order valence-electron chi connectivity index (χ3n) is 2.91. The van der Waals surface area contributed by atoms with Crippen molar-refractivity contribution in [2.24, 2.45) is 0 Å². The number of benzene rings is 1. The van der Waals surface area contributed by atoms with Crippen LogP contribution in [0.1, 0.15) is 24.8 Å². The Morgan fingerprint density at radius 3 is 3.06 bits per heavy atom. The number of nitrogens with two attached hydrogens (primary N) is 1. The van der Waals surface area contributed by atoms with E-state index in [2.05, 4.69) is 10.1 Å². The van der Waals surface area contributed by atoms with Gasteiger partial charge in [-0.3, -0.25) is 0 Å². The van der Waals surface area contributed by atoms with Gasteiger partial charge in [-0.05, 0) is 31.0 Å². The van der Waals surface area contributed by atoms with E-state index in [9.17, 15) is 0 Å². The van der Waals surface area contributed by atoms with Gasteiger partial charge < -0.3 is 15.0 Å². The van der Waals surface area contributed by atoms with Crippen LogP contribution in [0.3, 0.4) is 0 Å². The highest BCUT2D eigenvalue weighted by Crippen LogP contribution is 2.31. The number of hydrogen-bond acceptors (Lipinski definition) is 5. The van der Waals surface area contributed by atoms with Gasteiger partial charge in [0.2, 0.25) is 5.82 Å². The third-order valence-corrected chi connectivity index (χ3v) is 3.14. The molecule has 18 heavy (non-hydrogen) atoms. The van der Waals surface area contributed by atoms with E-state index in [0.29, 0.717) is 28.0 Å². The molecule has 1 aromatic heterocycles. The molecule has 1 aromatic carbocycles. The molecule has 6 heteroatoms. The van der Waals surface area contributed by atoms with E-state index in [0.717, 1.165) is 19.4 Å². The molecule has 0 spiro atoms. The molecule has 3 rings (SSSR count). The molecule has 2 N–H and O–H groups in total. The van der Waals surface area contributed by atoms with Crippen molar-refractivity contribution in [1.29, 1.82) is 0 Å². The van der Waals surface area contributed by atoms with E-state index in [4.69, 9.17) is 26.6 Å². The molecule has 0 amide bonds. The number of nitrogen functional groups attached to an aromatic ring is 1. The summed E-state index contributed by atoms with van der Waals surface area (Å²) < 4.78 is 10.7. The van der Waals surface area contributed by atoms with Crippen molar-refractivity contribution in [1.82, 2.24) is 10.1 Å². The van der Waals surface area contributed by atoms with Crippen molar-refractivity contribution < 1.29 is 9.26 Å². The van der Waals surface area contributed by atoms with Crippen molar-refractivity contribution in [2.45, 2.75) is 18.9 Å². The number of ether oxygens (including phenoxy) is 1. The Labute approximate surface area is 109 Å². The lowest BCUT2D eigenvalue weighted by Gasteiger charge is -2.02. The molecule has 0 aliphatic carbocycles. The maximum absolute atomic E-state index is 5.93. The van der Waals surface area contributed by atoms with Crippen molar-refractivity contribution in [3.8, 4) is 11.5 Å². The number of aromatic nitrogens is 2. The quantitative estimate of drug-likeness (QED) is 0.845. The van der Waals surface area contributed by atoms with Crippen molar-refractivity contribution in [3.63, 3.8) is 0 Å². The van der Waals surface area contributed by atoms with Crippen LogP contribution < -0.4 is 5.73 Å². The molecule has 0 saturated carbocycles. The van der Waals surface area contributed by atoms with Crippen LogP contribution in [0.25, 0.3) is 11.5 Å². The second-order valence-electron chi connectivity index (χ2n) is 4.19. The minimum Gasteiger partial charge on any atom is -0.398 e. The van der Waals surface area contributed by atoms with Gasteiger partial charge in [0.1, 0.15) is 6.10 Å². The van der Waals surface area contributed by atoms with E-state index in [1.54, 1.807) is 18.2 Å². The lowest BCUT2D eigenvalue weighted by atomic mass is 10.2. The van der Waals surface area contributed by atoms with Gasteiger partial charge in [-0.1, -0.05) is 16.8 Å². The smallest absolute Gasteiger partial charge is 0.260 e. The Kier molecular flexibility index (Phi) is 2.93. The summed E-state index contributed by atoms with van der Waals surface area (Å²) in [5.41, 5.74) is 7.08. The second kappa shape index (κ2) is 4.59. The summed E-state index contributed by atoms with van der Waals surface area (Å²) in [4.78, 5) is 4.32. The van der Waals surface area contributed by atoms with Crippen LogP contribution in [0.2, 0.25) is 5.02 Å². The molecule has 1 aliphatic rings. The summed E-state index contributed by atoms with van der Waals surface area (Å²) in [6.45, 7) is 0.744. The maximum Gasteiger partial charge on any atom is 0.260 e. The molecule has 94 valence electrons. The van der Waals surface area contributed by atoms with Gasteiger partial charge in [0.15, 0.2) is 0 Å². The Morgan fingerprint density at radius 2 is 2.28 bits per heavy atom.